The van der Waals surface area contributed by atoms with Crippen LogP contribution >= 0.6 is 11.6 Å². The van der Waals surface area contributed by atoms with E-state index in [9.17, 15) is 14.9 Å². The van der Waals surface area contributed by atoms with Gasteiger partial charge in [-0.2, -0.15) is 0 Å². The lowest BCUT2D eigenvalue weighted by Crippen LogP contribution is -2.39. The van der Waals surface area contributed by atoms with Gasteiger partial charge in [0.2, 0.25) is 0 Å². The van der Waals surface area contributed by atoms with Crippen molar-refractivity contribution in [1.29, 1.82) is 0 Å². The normalized spacial score (nSPS) is 12.2. The van der Waals surface area contributed by atoms with Crippen molar-refractivity contribution < 1.29 is 9.72 Å². The van der Waals surface area contributed by atoms with Crippen LogP contribution in [0.4, 0.5) is 5.69 Å². The zero-order chi connectivity index (χ0) is 13.7. The van der Waals surface area contributed by atoms with Crippen molar-refractivity contribution in [2.75, 3.05) is 5.88 Å². The predicted molar refractivity (Wildman–Crippen MR) is 69.9 cm³/mol. The second kappa shape index (κ2) is 6.35. The van der Waals surface area contributed by atoms with Gasteiger partial charge < -0.3 is 5.32 Å². The summed E-state index contributed by atoms with van der Waals surface area (Å²) in [6.45, 7) is 3.92. The van der Waals surface area contributed by atoms with Crippen LogP contribution < -0.4 is 5.32 Å². The summed E-state index contributed by atoms with van der Waals surface area (Å²) in [5, 5.41) is 13.3. The Hall–Kier alpha value is -1.62. The molecular weight excluding hydrogens is 256 g/mol. The van der Waals surface area contributed by atoms with Gasteiger partial charge in [-0.1, -0.05) is 13.8 Å². The quantitative estimate of drug-likeness (QED) is 0.508. The number of benzene rings is 1. The minimum absolute atomic E-state index is 0.0377. The van der Waals surface area contributed by atoms with Gasteiger partial charge in [0.05, 0.1) is 4.92 Å². The Morgan fingerprint density at radius 2 is 1.94 bits per heavy atom. The van der Waals surface area contributed by atoms with Crippen LogP contribution in [0.2, 0.25) is 0 Å². The molecule has 0 saturated carbocycles. The van der Waals surface area contributed by atoms with E-state index in [0.29, 0.717) is 11.4 Å². The molecule has 1 aromatic rings. The topological polar surface area (TPSA) is 72.2 Å². The van der Waals surface area contributed by atoms with Crippen LogP contribution in [0.3, 0.4) is 0 Å². The number of nitro benzene ring substituents is 1. The largest absolute Gasteiger partial charge is 0.348 e. The van der Waals surface area contributed by atoms with Crippen molar-refractivity contribution in [2.24, 2.45) is 5.92 Å². The monoisotopic (exact) mass is 270 g/mol. The maximum absolute atomic E-state index is 11.9. The standard InChI is InChI=1S/C12H15ClN2O3/c1-8(2)11(7-13)14-12(16)9-3-5-10(6-4-9)15(17)18/h3-6,8,11H,7H2,1-2H3,(H,14,16). The lowest BCUT2D eigenvalue weighted by atomic mass is 10.1. The van der Waals surface area contributed by atoms with E-state index >= 15 is 0 Å². The number of nitrogens with one attached hydrogen (secondary N) is 1. The Morgan fingerprint density at radius 1 is 1.39 bits per heavy atom. The number of hydrogen-bond acceptors (Lipinski definition) is 3. The van der Waals surface area contributed by atoms with E-state index in [4.69, 9.17) is 11.6 Å². The molecule has 6 heteroatoms. The summed E-state index contributed by atoms with van der Waals surface area (Å²) in [4.78, 5) is 21.8. The lowest BCUT2D eigenvalue weighted by Gasteiger charge is -2.19. The van der Waals surface area contributed by atoms with Crippen LogP contribution in [0.15, 0.2) is 24.3 Å². The van der Waals surface area contributed by atoms with Crippen LogP contribution in [0.5, 0.6) is 0 Å². The van der Waals surface area contributed by atoms with E-state index in [0.717, 1.165) is 0 Å². The van der Waals surface area contributed by atoms with E-state index in [2.05, 4.69) is 5.32 Å². The Balaban J connectivity index is 2.75. The summed E-state index contributed by atoms with van der Waals surface area (Å²) < 4.78 is 0. The number of alkyl halides is 1. The van der Waals surface area contributed by atoms with Crippen LogP contribution in [-0.2, 0) is 0 Å². The fourth-order valence-electron chi connectivity index (χ4n) is 1.37. The van der Waals surface area contributed by atoms with Crippen LogP contribution in [0.1, 0.15) is 24.2 Å². The van der Waals surface area contributed by atoms with Crippen molar-refractivity contribution in [3.63, 3.8) is 0 Å². The van der Waals surface area contributed by atoms with Gasteiger partial charge in [0.15, 0.2) is 0 Å². The summed E-state index contributed by atoms with van der Waals surface area (Å²) in [5.41, 5.74) is 0.348. The van der Waals surface area contributed by atoms with E-state index in [-0.39, 0.29) is 23.6 Å². The highest BCUT2D eigenvalue weighted by Gasteiger charge is 2.16. The average molecular weight is 271 g/mol. The highest BCUT2D eigenvalue weighted by molar-refractivity contribution is 6.18. The summed E-state index contributed by atoms with van der Waals surface area (Å²) in [5.74, 6) is 0.282. The van der Waals surface area contributed by atoms with Crippen molar-refractivity contribution in [3.8, 4) is 0 Å². The Bertz CT molecular complexity index is 431. The molecule has 0 saturated heterocycles. The molecule has 18 heavy (non-hydrogen) atoms. The maximum atomic E-state index is 11.9. The molecule has 0 bridgehead atoms. The van der Waals surface area contributed by atoms with Gasteiger partial charge in [-0.15, -0.1) is 11.6 Å². The zero-order valence-electron chi connectivity index (χ0n) is 10.2. The Kier molecular flexibility index (Phi) is 5.09. The maximum Gasteiger partial charge on any atom is 0.269 e. The van der Waals surface area contributed by atoms with Gasteiger partial charge in [0.1, 0.15) is 0 Å². The van der Waals surface area contributed by atoms with E-state index < -0.39 is 4.92 Å². The molecule has 1 aromatic carbocycles. The molecule has 0 aliphatic carbocycles. The minimum Gasteiger partial charge on any atom is -0.348 e. The number of rotatable bonds is 5. The first-order valence-corrected chi connectivity index (χ1v) is 6.10. The van der Waals surface area contributed by atoms with Gasteiger partial charge in [-0.25, -0.2) is 0 Å². The second-order valence-electron chi connectivity index (χ2n) is 4.28. The number of halogens is 1. The highest BCUT2D eigenvalue weighted by atomic mass is 35.5. The molecule has 1 amide bonds. The molecule has 1 rings (SSSR count). The number of non-ortho nitro benzene ring substituents is 1. The molecular formula is C12H15ClN2O3. The molecule has 1 atom stereocenters. The Labute approximate surface area is 110 Å². The molecule has 5 nitrogen and oxygen atoms in total. The van der Waals surface area contributed by atoms with Crippen LogP contribution in [0, 0.1) is 16.0 Å². The third-order valence-corrected chi connectivity index (χ3v) is 2.96. The molecule has 0 fully saturated rings. The lowest BCUT2D eigenvalue weighted by molar-refractivity contribution is -0.384. The van der Waals surface area contributed by atoms with Crippen molar-refractivity contribution in [1.82, 2.24) is 5.32 Å². The first kappa shape index (κ1) is 14.4. The summed E-state index contributed by atoms with van der Waals surface area (Å²) in [6.07, 6.45) is 0. The molecule has 0 aliphatic heterocycles. The third-order valence-electron chi connectivity index (χ3n) is 2.63. The van der Waals surface area contributed by atoms with Crippen molar-refractivity contribution >= 4 is 23.2 Å². The number of nitro groups is 1. The molecule has 1 unspecified atom stereocenters. The SMILES string of the molecule is CC(C)C(CCl)NC(=O)c1ccc([N+](=O)[O-])cc1. The zero-order valence-corrected chi connectivity index (χ0v) is 11.0. The van der Waals surface area contributed by atoms with Gasteiger partial charge in [-0.05, 0) is 18.1 Å². The Morgan fingerprint density at radius 3 is 2.33 bits per heavy atom. The third kappa shape index (κ3) is 3.70. The van der Waals surface area contributed by atoms with Gasteiger partial charge >= 0.3 is 0 Å². The second-order valence-corrected chi connectivity index (χ2v) is 4.59. The smallest absolute Gasteiger partial charge is 0.269 e. The van der Waals surface area contributed by atoms with Crippen molar-refractivity contribution in [2.45, 2.75) is 19.9 Å². The fourth-order valence-corrected chi connectivity index (χ4v) is 1.80. The number of nitrogens with zero attached hydrogens (tertiary/aromatic N) is 1. The van der Waals surface area contributed by atoms with E-state index in [1.165, 1.54) is 24.3 Å². The molecule has 0 radical (unpaired) electrons. The predicted octanol–water partition coefficient (Wildman–Crippen LogP) is 2.59. The molecule has 0 heterocycles. The van der Waals surface area contributed by atoms with Crippen LogP contribution in [0.25, 0.3) is 0 Å². The fraction of sp³-hybridized carbons (Fsp3) is 0.417. The highest BCUT2D eigenvalue weighted by Crippen LogP contribution is 2.12. The number of carbonyl (C=O) groups excluding carboxylic acids is 1. The van der Waals surface area contributed by atoms with Gasteiger partial charge in [-0.3, -0.25) is 14.9 Å². The number of carbonyl (C=O) groups is 1. The molecule has 0 aliphatic rings. The first-order valence-electron chi connectivity index (χ1n) is 5.57. The van der Waals surface area contributed by atoms with Gasteiger partial charge in [0, 0.05) is 29.6 Å². The summed E-state index contributed by atoms with van der Waals surface area (Å²) in [7, 11) is 0. The summed E-state index contributed by atoms with van der Waals surface area (Å²) in [6, 6.07) is 5.35. The van der Waals surface area contributed by atoms with Crippen LogP contribution in [-0.4, -0.2) is 22.8 Å². The molecule has 0 aromatic heterocycles. The van der Waals surface area contributed by atoms with E-state index in [1.54, 1.807) is 0 Å². The van der Waals surface area contributed by atoms with E-state index in [1.807, 2.05) is 13.8 Å². The molecule has 0 spiro atoms. The molecule has 1 N–H and O–H groups in total. The average Bonchev–Trinajstić information content (AvgIpc) is 2.35. The van der Waals surface area contributed by atoms with Gasteiger partial charge in [0.25, 0.3) is 11.6 Å². The number of amides is 1. The molecule has 98 valence electrons. The summed E-state index contributed by atoms with van der Waals surface area (Å²) >= 11 is 5.76. The first-order chi connectivity index (χ1) is 8.45. The van der Waals surface area contributed by atoms with Crippen molar-refractivity contribution in [3.05, 3.63) is 39.9 Å². The minimum atomic E-state index is -0.503. The number of hydrogen-bond donors (Lipinski definition) is 1.